The number of anilines is 1. The van der Waals surface area contributed by atoms with Crippen LogP contribution in [0.3, 0.4) is 0 Å². The number of carbonyl (C=O) groups is 2. The first kappa shape index (κ1) is 15.2. The Balaban J connectivity index is 1.66. The lowest BCUT2D eigenvalue weighted by Crippen LogP contribution is -2.23. The second-order valence-electron chi connectivity index (χ2n) is 5.55. The highest BCUT2D eigenvalue weighted by Gasteiger charge is 2.20. The van der Waals surface area contributed by atoms with E-state index in [1.165, 1.54) is 12.1 Å². The fourth-order valence-electron chi connectivity index (χ4n) is 2.61. The van der Waals surface area contributed by atoms with Crippen LogP contribution in [0.1, 0.15) is 28.8 Å². The topological polar surface area (TPSA) is 49.4 Å². The largest absolute Gasteiger partial charge is 0.338 e. The summed E-state index contributed by atoms with van der Waals surface area (Å²) >= 11 is 0. The number of carbonyl (C=O) groups excluding carboxylic acids is 2. The van der Waals surface area contributed by atoms with E-state index in [9.17, 15) is 14.0 Å². The van der Waals surface area contributed by atoms with Crippen LogP contribution in [0.4, 0.5) is 10.1 Å². The fraction of sp³-hybridized carbons (Fsp3) is 0.222. The molecule has 0 saturated carbocycles. The molecule has 0 aromatic heterocycles. The maximum atomic E-state index is 13.5. The summed E-state index contributed by atoms with van der Waals surface area (Å²) < 4.78 is 13.5. The Labute approximate surface area is 133 Å². The van der Waals surface area contributed by atoms with Gasteiger partial charge in [-0.15, -0.1) is 0 Å². The highest BCUT2D eigenvalue weighted by molar-refractivity contribution is 6.04. The van der Waals surface area contributed by atoms with Gasteiger partial charge < -0.3 is 10.2 Å². The van der Waals surface area contributed by atoms with Gasteiger partial charge in [0.15, 0.2) is 0 Å². The van der Waals surface area contributed by atoms with Crippen LogP contribution in [0.15, 0.2) is 48.5 Å². The normalized spacial score (nSPS) is 14.1. The molecule has 118 valence electrons. The Morgan fingerprint density at radius 3 is 2.52 bits per heavy atom. The fourth-order valence-corrected chi connectivity index (χ4v) is 2.61. The minimum atomic E-state index is -0.468. The molecule has 0 radical (unpaired) electrons. The molecule has 0 unspecified atom stereocenters. The summed E-state index contributed by atoms with van der Waals surface area (Å²) in [5.74, 6) is -0.657. The van der Waals surface area contributed by atoms with Gasteiger partial charge in [0.25, 0.3) is 5.91 Å². The Morgan fingerprint density at radius 1 is 1.13 bits per heavy atom. The Kier molecular flexibility index (Phi) is 4.37. The van der Waals surface area contributed by atoms with Gasteiger partial charge in [-0.1, -0.05) is 24.3 Å². The van der Waals surface area contributed by atoms with Gasteiger partial charge in [0.2, 0.25) is 5.91 Å². The molecule has 0 spiro atoms. The quantitative estimate of drug-likeness (QED) is 0.942. The number of likely N-dealkylation sites (tertiary alicyclic amines) is 1. The number of halogens is 1. The maximum absolute atomic E-state index is 13.5. The maximum Gasteiger partial charge on any atom is 0.255 e. The van der Waals surface area contributed by atoms with E-state index >= 15 is 0 Å². The Bertz CT molecular complexity index is 728. The molecule has 3 rings (SSSR count). The van der Waals surface area contributed by atoms with E-state index in [2.05, 4.69) is 5.32 Å². The molecular weight excluding hydrogens is 295 g/mol. The zero-order valence-corrected chi connectivity index (χ0v) is 12.6. The van der Waals surface area contributed by atoms with Gasteiger partial charge in [-0.25, -0.2) is 4.39 Å². The number of benzene rings is 2. The lowest BCUT2D eigenvalue weighted by atomic mass is 10.1. The summed E-state index contributed by atoms with van der Waals surface area (Å²) in [6, 6.07) is 13.1. The van der Waals surface area contributed by atoms with E-state index in [0.29, 0.717) is 18.5 Å². The number of hydrogen-bond acceptors (Lipinski definition) is 2. The summed E-state index contributed by atoms with van der Waals surface area (Å²) in [5.41, 5.74) is 1.58. The SMILES string of the molecule is O=C(Nc1ccccc1F)c1ccc(CN2CCCC2=O)cc1. The minimum absolute atomic E-state index is 0.157. The molecule has 0 bridgehead atoms. The van der Waals surface area contributed by atoms with Crippen molar-refractivity contribution in [1.82, 2.24) is 4.90 Å². The molecule has 5 heteroatoms. The van der Waals surface area contributed by atoms with Gasteiger partial charge in [0, 0.05) is 25.1 Å². The van der Waals surface area contributed by atoms with Crippen molar-refractivity contribution >= 4 is 17.5 Å². The summed E-state index contributed by atoms with van der Waals surface area (Å²) in [5, 5.41) is 2.55. The first-order valence-corrected chi connectivity index (χ1v) is 7.56. The molecule has 0 atom stereocenters. The van der Waals surface area contributed by atoms with Crippen molar-refractivity contribution in [2.24, 2.45) is 0 Å². The Morgan fingerprint density at radius 2 is 1.87 bits per heavy atom. The van der Waals surface area contributed by atoms with Gasteiger partial charge in [-0.05, 0) is 36.2 Å². The summed E-state index contributed by atoms with van der Waals surface area (Å²) in [7, 11) is 0. The molecule has 1 N–H and O–H groups in total. The van der Waals surface area contributed by atoms with Gasteiger partial charge in [0.05, 0.1) is 5.69 Å². The first-order chi connectivity index (χ1) is 11.1. The van der Waals surface area contributed by atoms with Gasteiger partial charge >= 0.3 is 0 Å². The number of nitrogens with one attached hydrogen (secondary N) is 1. The third-order valence-electron chi connectivity index (χ3n) is 3.88. The van der Waals surface area contributed by atoms with E-state index in [-0.39, 0.29) is 17.5 Å². The van der Waals surface area contributed by atoms with Crippen LogP contribution in [0.2, 0.25) is 0 Å². The smallest absolute Gasteiger partial charge is 0.255 e. The molecule has 1 saturated heterocycles. The van der Waals surface area contributed by atoms with Crippen LogP contribution in [0, 0.1) is 5.82 Å². The molecule has 1 fully saturated rings. The molecule has 2 amide bonds. The zero-order chi connectivity index (χ0) is 16.2. The number of rotatable bonds is 4. The van der Waals surface area contributed by atoms with E-state index in [0.717, 1.165) is 18.5 Å². The van der Waals surface area contributed by atoms with Crippen molar-refractivity contribution in [1.29, 1.82) is 0 Å². The van der Waals surface area contributed by atoms with Crippen molar-refractivity contribution in [3.05, 3.63) is 65.5 Å². The lowest BCUT2D eigenvalue weighted by Gasteiger charge is -2.15. The summed E-state index contributed by atoms with van der Waals surface area (Å²) in [4.78, 5) is 25.6. The van der Waals surface area contributed by atoms with Crippen LogP contribution in [-0.4, -0.2) is 23.3 Å². The van der Waals surface area contributed by atoms with Gasteiger partial charge in [-0.2, -0.15) is 0 Å². The standard InChI is InChI=1S/C18H17FN2O2/c19-15-4-1-2-5-16(15)20-18(23)14-9-7-13(8-10-14)12-21-11-3-6-17(21)22/h1-2,4-5,7-10H,3,6,11-12H2,(H,20,23). The molecule has 2 aromatic rings. The van der Waals surface area contributed by atoms with Crippen molar-refractivity contribution in [3.63, 3.8) is 0 Å². The third kappa shape index (κ3) is 3.56. The second kappa shape index (κ2) is 6.60. The zero-order valence-electron chi connectivity index (χ0n) is 12.6. The average Bonchev–Trinajstić information content (AvgIpc) is 2.95. The van der Waals surface area contributed by atoms with Crippen LogP contribution in [0.5, 0.6) is 0 Å². The van der Waals surface area contributed by atoms with Gasteiger partial charge in [0.1, 0.15) is 5.82 Å². The number of amides is 2. The third-order valence-corrected chi connectivity index (χ3v) is 3.88. The lowest BCUT2D eigenvalue weighted by molar-refractivity contribution is -0.128. The van der Waals surface area contributed by atoms with Crippen molar-refractivity contribution in [2.75, 3.05) is 11.9 Å². The second-order valence-corrected chi connectivity index (χ2v) is 5.55. The summed E-state index contributed by atoms with van der Waals surface area (Å²) in [6.45, 7) is 1.35. The minimum Gasteiger partial charge on any atom is -0.338 e. The predicted octanol–water partition coefficient (Wildman–Crippen LogP) is 3.20. The number of nitrogens with zero attached hydrogens (tertiary/aromatic N) is 1. The molecular formula is C18H17FN2O2. The van der Waals surface area contributed by atoms with E-state index in [4.69, 9.17) is 0 Å². The van der Waals surface area contributed by atoms with Crippen LogP contribution < -0.4 is 5.32 Å². The van der Waals surface area contributed by atoms with Crippen molar-refractivity contribution < 1.29 is 14.0 Å². The molecule has 1 aliphatic heterocycles. The molecule has 2 aromatic carbocycles. The first-order valence-electron chi connectivity index (χ1n) is 7.56. The molecule has 1 aliphatic rings. The van der Waals surface area contributed by atoms with E-state index in [1.54, 1.807) is 24.3 Å². The predicted molar refractivity (Wildman–Crippen MR) is 85.4 cm³/mol. The number of hydrogen-bond donors (Lipinski definition) is 1. The molecule has 4 nitrogen and oxygen atoms in total. The number of para-hydroxylation sites is 1. The monoisotopic (exact) mass is 312 g/mol. The van der Waals surface area contributed by atoms with Crippen LogP contribution >= 0.6 is 0 Å². The van der Waals surface area contributed by atoms with Crippen LogP contribution in [-0.2, 0) is 11.3 Å². The van der Waals surface area contributed by atoms with Crippen molar-refractivity contribution in [3.8, 4) is 0 Å². The van der Waals surface area contributed by atoms with Crippen LogP contribution in [0.25, 0.3) is 0 Å². The van der Waals surface area contributed by atoms with E-state index < -0.39 is 5.82 Å². The summed E-state index contributed by atoms with van der Waals surface area (Å²) in [6.07, 6.45) is 1.52. The highest BCUT2D eigenvalue weighted by Crippen LogP contribution is 2.16. The average molecular weight is 312 g/mol. The molecule has 23 heavy (non-hydrogen) atoms. The molecule has 0 aliphatic carbocycles. The van der Waals surface area contributed by atoms with E-state index in [1.807, 2.05) is 17.0 Å². The Hall–Kier alpha value is -2.69. The van der Waals surface area contributed by atoms with Crippen molar-refractivity contribution in [2.45, 2.75) is 19.4 Å². The van der Waals surface area contributed by atoms with Gasteiger partial charge in [-0.3, -0.25) is 9.59 Å². The molecule has 1 heterocycles. The highest BCUT2D eigenvalue weighted by atomic mass is 19.1.